The van der Waals surface area contributed by atoms with Gasteiger partial charge in [-0.25, -0.2) is 0 Å². The zero-order chi connectivity index (χ0) is 19.3. The summed E-state index contributed by atoms with van der Waals surface area (Å²) in [6.45, 7) is 7.17. The number of carbonyl (C=O) groups is 2. The fraction of sp³-hybridized carbons (Fsp3) is 0.412. The minimum absolute atomic E-state index is 0.0150. The second kappa shape index (κ2) is 8.55. The molecule has 0 bridgehead atoms. The van der Waals surface area contributed by atoms with Crippen LogP contribution in [0.4, 0.5) is 0 Å². The summed E-state index contributed by atoms with van der Waals surface area (Å²) < 4.78 is 6.71. The molecule has 1 heterocycles. The van der Waals surface area contributed by atoms with E-state index in [9.17, 15) is 9.59 Å². The summed E-state index contributed by atoms with van der Waals surface area (Å²) >= 11 is 7.33. The first-order chi connectivity index (χ1) is 12.2. The Morgan fingerprint density at radius 3 is 2.73 bits per heavy atom. The molecule has 0 saturated heterocycles. The number of halogens is 1. The molecule has 0 aliphatic heterocycles. The average molecular weight is 397 g/mol. The van der Waals surface area contributed by atoms with Crippen LogP contribution in [0.15, 0.2) is 29.7 Å². The van der Waals surface area contributed by atoms with Gasteiger partial charge in [-0.2, -0.15) is 0 Å². The van der Waals surface area contributed by atoms with E-state index in [-0.39, 0.29) is 23.8 Å². The van der Waals surface area contributed by atoms with E-state index in [1.54, 1.807) is 17.0 Å². The number of amides is 1. The second-order valence-electron chi connectivity index (χ2n) is 6.66. The smallest absolute Gasteiger partial charge is 0.316 e. The fourth-order valence-corrected chi connectivity index (χ4v) is 2.90. The highest BCUT2D eigenvalue weighted by Gasteiger charge is 2.16. The number of rotatable bonds is 6. The van der Waals surface area contributed by atoms with Gasteiger partial charge in [-0.1, -0.05) is 29.4 Å². The van der Waals surface area contributed by atoms with Crippen molar-refractivity contribution >= 4 is 35.2 Å². The van der Waals surface area contributed by atoms with Gasteiger partial charge in [-0.05, 0) is 45.4 Å². The third-order valence-electron chi connectivity index (χ3n) is 3.15. The molecule has 7 nitrogen and oxygen atoms in total. The Hall–Kier alpha value is -2.06. The summed E-state index contributed by atoms with van der Waals surface area (Å²) in [5.74, 6) is -0.829. The Kier molecular flexibility index (Phi) is 6.66. The zero-order valence-corrected chi connectivity index (χ0v) is 16.6. The molecule has 1 aromatic carbocycles. The van der Waals surface area contributed by atoms with Gasteiger partial charge in [-0.3, -0.25) is 14.2 Å². The number of ether oxygens (including phenoxy) is 1. The molecule has 0 atom stereocenters. The van der Waals surface area contributed by atoms with Crippen molar-refractivity contribution in [2.75, 3.05) is 12.4 Å². The summed E-state index contributed by atoms with van der Waals surface area (Å²) in [4.78, 5) is 23.5. The van der Waals surface area contributed by atoms with Crippen LogP contribution >= 0.6 is 23.4 Å². The van der Waals surface area contributed by atoms with Crippen LogP contribution in [0, 0.1) is 6.92 Å². The Bertz CT molecular complexity index is 802. The van der Waals surface area contributed by atoms with Crippen LogP contribution in [0.1, 0.15) is 26.3 Å². The molecule has 1 N–H and O–H groups in total. The molecule has 26 heavy (non-hydrogen) atoms. The number of esters is 1. The number of hydrogen-bond donors (Lipinski definition) is 1. The highest BCUT2D eigenvalue weighted by molar-refractivity contribution is 7.99. The lowest BCUT2D eigenvalue weighted by atomic mass is 10.1. The molecule has 0 unspecified atom stereocenters. The van der Waals surface area contributed by atoms with E-state index in [2.05, 4.69) is 15.5 Å². The molecule has 0 saturated carbocycles. The fourth-order valence-electron chi connectivity index (χ4n) is 2.00. The van der Waals surface area contributed by atoms with Gasteiger partial charge >= 0.3 is 5.97 Å². The largest absolute Gasteiger partial charge is 0.455 e. The first-order valence-electron chi connectivity index (χ1n) is 7.92. The SMILES string of the molecule is Cc1ccc(-n2cnnc2SCC(=O)OCC(=O)NC(C)(C)C)cc1Cl. The van der Waals surface area contributed by atoms with Gasteiger partial charge in [0.2, 0.25) is 0 Å². The number of aryl methyl sites for hydroxylation is 1. The van der Waals surface area contributed by atoms with Crippen molar-refractivity contribution in [3.8, 4) is 5.69 Å². The van der Waals surface area contributed by atoms with Crippen LogP contribution in [0.2, 0.25) is 5.02 Å². The molecule has 0 aliphatic rings. The number of nitrogens with one attached hydrogen (secondary N) is 1. The third kappa shape index (κ3) is 6.03. The standard InChI is InChI=1S/C17H21ClN4O3S/c1-11-5-6-12(7-13(11)18)22-10-19-21-16(22)26-9-15(24)25-8-14(23)20-17(2,3)4/h5-7,10H,8-9H2,1-4H3,(H,20,23). The summed E-state index contributed by atoms with van der Waals surface area (Å²) in [5, 5.41) is 11.8. The Balaban J connectivity index is 1.90. The number of nitrogens with zero attached hydrogens (tertiary/aromatic N) is 3. The summed E-state index contributed by atoms with van der Waals surface area (Å²) in [5.41, 5.74) is 1.39. The Morgan fingerprint density at radius 1 is 1.35 bits per heavy atom. The predicted octanol–water partition coefficient (Wildman–Crippen LogP) is 2.78. The monoisotopic (exact) mass is 396 g/mol. The minimum Gasteiger partial charge on any atom is -0.455 e. The molecule has 2 rings (SSSR count). The first-order valence-corrected chi connectivity index (χ1v) is 9.28. The number of aromatic nitrogens is 3. The van der Waals surface area contributed by atoms with Gasteiger partial charge in [0.1, 0.15) is 6.33 Å². The third-order valence-corrected chi connectivity index (χ3v) is 4.47. The van der Waals surface area contributed by atoms with E-state index in [1.807, 2.05) is 39.8 Å². The maximum Gasteiger partial charge on any atom is 0.316 e. The number of carbonyl (C=O) groups excluding carboxylic acids is 2. The highest BCUT2D eigenvalue weighted by Crippen LogP contribution is 2.23. The van der Waals surface area contributed by atoms with Crippen LogP contribution in [-0.2, 0) is 14.3 Å². The molecule has 9 heteroatoms. The molecule has 140 valence electrons. The van der Waals surface area contributed by atoms with E-state index >= 15 is 0 Å². The molecule has 0 spiro atoms. The maximum atomic E-state index is 11.9. The molecule has 2 aromatic rings. The van der Waals surface area contributed by atoms with Crippen LogP contribution in [0.5, 0.6) is 0 Å². The van der Waals surface area contributed by atoms with Crippen molar-refractivity contribution in [3.63, 3.8) is 0 Å². The summed E-state index contributed by atoms with van der Waals surface area (Å²) in [6.07, 6.45) is 1.55. The summed E-state index contributed by atoms with van der Waals surface area (Å²) in [7, 11) is 0. The van der Waals surface area contributed by atoms with E-state index < -0.39 is 5.97 Å². The number of thioether (sulfide) groups is 1. The number of benzene rings is 1. The molecule has 1 aromatic heterocycles. The average Bonchev–Trinajstić information content (AvgIpc) is 3.00. The highest BCUT2D eigenvalue weighted by atomic mass is 35.5. The Labute approximate surface area is 161 Å². The molecular formula is C17H21ClN4O3S. The van der Waals surface area contributed by atoms with Crippen LogP contribution in [0.25, 0.3) is 5.69 Å². The van der Waals surface area contributed by atoms with Crippen molar-refractivity contribution in [2.45, 2.75) is 38.4 Å². The topological polar surface area (TPSA) is 86.1 Å². The first kappa shape index (κ1) is 20.3. The zero-order valence-electron chi connectivity index (χ0n) is 15.1. The molecule has 0 radical (unpaired) electrons. The van der Waals surface area contributed by atoms with Gasteiger partial charge in [0, 0.05) is 10.6 Å². The van der Waals surface area contributed by atoms with Crippen molar-refractivity contribution < 1.29 is 14.3 Å². The van der Waals surface area contributed by atoms with E-state index in [0.717, 1.165) is 11.3 Å². The van der Waals surface area contributed by atoms with Crippen LogP contribution in [0.3, 0.4) is 0 Å². The van der Waals surface area contributed by atoms with Gasteiger partial charge in [0.15, 0.2) is 11.8 Å². The van der Waals surface area contributed by atoms with E-state index in [4.69, 9.17) is 16.3 Å². The molecule has 1 amide bonds. The van der Waals surface area contributed by atoms with Crippen LogP contribution < -0.4 is 5.32 Å². The predicted molar refractivity (Wildman–Crippen MR) is 101 cm³/mol. The molecular weight excluding hydrogens is 376 g/mol. The Morgan fingerprint density at radius 2 is 2.08 bits per heavy atom. The second-order valence-corrected chi connectivity index (χ2v) is 8.01. The van der Waals surface area contributed by atoms with Crippen molar-refractivity contribution in [1.29, 1.82) is 0 Å². The minimum atomic E-state index is -0.504. The lowest BCUT2D eigenvalue weighted by molar-refractivity contribution is -0.146. The van der Waals surface area contributed by atoms with Crippen molar-refractivity contribution in [1.82, 2.24) is 20.1 Å². The normalized spacial score (nSPS) is 11.3. The lowest BCUT2D eigenvalue weighted by Crippen LogP contribution is -2.42. The van der Waals surface area contributed by atoms with Gasteiger partial charge in [0.25, 0.3) is 5.91 Å². The van der Waals surface area contributed by atoms with Crippen molar-refractivity contribution in [2.24, 2.45) is 0 Å². The van der Waals surface area contributed by atoms with Gasteiger partial charge in [-0.15, -0.1) is 10.2 Å². The van der Waals surface area contributed by atoms with Gasteiger partial charge < -0.3 is 10.1 Å². The van der Waals surface area contributed by atoms with E-state index in [1.165, 1.54) is 11.8 Å². The quantitative estimate of drug-likeness (QED) is 0.596. The maximum absolute atomic E-state index is 11.9. The number of hydrogen-bond acceptors (Lipinski definition) is 6. The van der Waals surface area contributed by atoms with Crippen LogP contribution in [-0.4, -0.2) is 44.5 Å². The molecule has 0 fully saturated rings. The lowest BCUT2D eigenvalue weighted by Gasteiger charge is -2.20. The van der Waals surface area contributed by atoms with Crippen molar-refractivity contribution in [3.05, 3.63) is 35.1 Å². The summed E-state index contributed by atoms with van der Waals surface area (Å²) in [6, 6.07) is 5.59. The van der Waals surface area contributed by atoms with Gasteiger partial charge in [0.05, 0.1) is 11.4 Å². The van der Waals surface area contributed by atoms with E-state index in [0.29, 0.717) is 10.2 Å². The molecule has 0 aliphatic carbocycles.